The van der Waals surface area contributed by atoms with Crippen molar-refractivity contribution in [1.29, 1.82) is 0 Å². The van der Waals surface area contributed by atoms with Crippen molar-refractivity contribution in [2.45, 2.75) is 58.2 Å². The Morgan fingerprint density at radius 1 is 1.23 bits per heavy atom. The van der Waals surface area contributed by atoms with Crippen LogP contribution in [0.1, 0.15) is 45.1 Å². The molecule has 2 rings (SSSR count). The Morgan fingerprint density at radius 2 is 2.00 bits per heavy atom. The van der Waals surface area contributed by atoms with Gasteiger partial charge in [-0.3, -0.25) is 4.79 Å². The first-order valence-corrected chi connectivity index (χ1v) is 9.53. The van der Waals surface area contributed by atoms with Crippen LogP contribution in [0.15, 0.2) is 30.3 Å². The zero-order chi connectivity index (χ0) is 18.8. The van der Waals surface area contributed by atoms with Gasteiger partial charge in [-0.15, -0.1) is 0 Å². The second-order valence-electron chi connectivity index (χ2n) is 7.28. The molecule has 0 radical (unpaired) electrons. The van der Waals surface area contributed by atoms with Crippen molar-refractivity contribution in [1.82, 2.24) is 16.0 Å². The first kappa shape index (κ1) is 20.2. The second kappa shape index (κ2) is 10.8. The number of hydrogen-bond acceptors (Lipinski definition) is 4. The lowest BCUT2D eigenvalue weighted by molar-refractivity contribution is -0.123. The Morgan fingerprint density at radius 3 is 2.65 bits per heavy atom. The molecule has 1 aliphatic heterocycles. The number of nitrogens with one attached hydrogen (secondary N) is 3. The summed E-state index contributed by atoms with van der Waals surface area (Å²) in [6, 6.07) is 9.22. The molecular weight excluding hydrogens is 330 g/mol. The van der Waals surface area contributed by atoms with E-state index < -0.39 is 12.1 Å². The lowest BCUT2D eigenvalue weighted by Gasteiger charge is -2.25. The molecule has 1 heterocycles. The molecule has 0 spiro atoms. The Kier molecular flexibility index (Phi) is 8.41. The summed E-state index contributed by atoms with van der Waals surface area (Å²) >= 11 is 0. The highest BCUT2D eigenvalue weighted by Gasteiger charge is 2.23. The van der Waals surface area contributed by atoms with E-state index in [-0.39, 0.29) is 18.4 Å². The van der Waals surface area contributed by atoms with Crippen LogP contribution >= 0.6 is 0 Å². The molecule has 1 aliphatic rings. The topological polar surface area (TPSA) is 79.5 Å². The van der Waals surface area contributed by atoms with E-state index in [1.165, 1.54) is 12.8 Å². The highest BCUT2D eigenvalue weighted by molar-refractivity contribution is 5.85. The number of amides is 2. The molecule has 3 N–H and O–H groups in total. The monoisotopic (exact) mass is 361 g/mol. The van der Waals surface area contributed by atoms with Gasteiger partial charge in [-0.1, -0.05) is 50.6 Å². The van der Waals surface area contributed by atoms with Crippen molar-refractivity contribution in [3.05, 3.63) is 35.9 Å². The van der Waals surface area contributed by atoms with Crippen molar-refractivity contribution in [2.24, 2.45) is 5.92 Å². The summed E-state index contributed by atoms with van der Waals surface area (Å²) in [6.45, 7) is 5.84. The van der Waals surface area contributed by atoms with Gasteiger partial charge in [0, 0.05) is 12.6 Å². The van der Waals surface area contributed by atoms with Crippen LogP contribution in [0, 0.1) is 5.92 Å². The molecule has 2 amide bonds. The van der Waals surface area contributed by atoms with Crippen LogP contribution in [0.25, 0.3) is 0 Å². The van der Waals surface area contributed by atoms with Gasteiger partial charge >= 0.3 is 6.09 Å². The molecule has 0 aromatic heterocycles. The highest BCUT2D eigenvalue weighted by Crippen LogP contribution is 2.08. The summed E-state index contributed by atoms with van der Waals surface area (Å²) in [5.74, 6) is 0.135. The second-order valence-corrected chi connectivity index (χ2v) is 7.28. The maximum Gasteiger partial charge on any atom is 0.408 e. The SMILES string of the molecule is CC(C)C[C@H](NC(=O)OCc1ccccc1)C(=O)NCC1CCCCN1. The van der Waals surface area contributed by atoms with E-state index in [4.69, 9.17) is 4.74 Å². The molecule has 26 heavy (non-hydrogen) atoms. The van der Waals surface area contributed by atoms with Crippen LogP contribution < -0.4 is 16.0 Å². The van der Waals surface area contributed by atoms with E-state index in [0.717, 1.165) is 18.5 Å². The first-order chi connectivity index (χ1) is 12.5. The number of carbonyl (C=O) groups excluding carboxylic acids is 2. The van der Waals surface area contributed by atoms with E-state index >= 15 is 0 Å². The molecule has 1 aromatic carbocycles. The van der Waals surface area contributed by atoms with E-state index in [1.807, 2.05) is 44.2 Å². The molecule has 0 saturated carbocycles. The molecule has 1 fully saturated rings. The van der Waals surface area contributed by atoms with Crippen LogP contribution in [0.4, 0.5) is 4.79 Å². The molecule has 2 atom stereocenters. The van der Waals surface area contributed by atoms with Crippen LogP contribution in [0.3, 0.4) is 0 Å². The Hall–Kier alpha value is -2.08. The molecule has 144 valence electrons. The minimum absolute atomic E-state index is 0.150. The number of benzene rings is 1. The van der Waals surface area contributed by atoms with Crippen molar-refractivity contribution in [3.8, 4) is 0 Å². The quantitative estimate of drug-likeness (QED) is 0.665. The lowest BCUT2D eigenvalue weighted by Crippen LogP contribution is -2.51. The van der Waals surface area contributed by atoms with Gasteiger partial charge in [-0.05, 0) is 37.3 Å². The van der Waals surface area contributed by atoms with Crippen molar-refractivity contribution >= 4 is 12.0 Å². The maximum atomic E-state index is 12.5. The summed E-state index contributed by atoms with van der Waals surface area (Å²) in [5.41, 5.74) is 0.913. The standard InChI is InChI=1S/C20H31N3O3/c1-15(2)12-18(19(24)22-13-17-10-6-7-11-21-17)23-20(25)26-14-16-8-4-3-5-9-16/h3-5,8-9,15,17-18,21H,6-7,10-14H2,1-2H3,(H,22,24)(H,23,25)/t17?,18-/m0/s1. The fourth-order valence-corrected chi connectivity index (χ4v) is 3.06. The van der Waals surface area contributed by atoms with Gasteiger partial charge in [-0.2, -0.15) is 0 Å². The minimum Gasteiger partial charge on any atom is -0.445 e. The zero-order valence-corrected chi connectivity index (χ0v) is 15.8. The smallest absolute Gasteiger partial charge is 0.408 e. The van der Waals surface area contributed by atoms with Crippen LogP contribution in [-0.2, 0) is 16.1 Å². The van der Waals surface area contributed by atoms with Gasteiger partial charge < -0.3 is 20.7 Å². The Bertz CT molecular complexity index is 557. The van der Waals surface area contributed by atoms with E-state index in [9.17, 15) is 9.59 Å². The molecule has 0 bridgehead atoms. The number of ether oxygens (including phenoxy) is 1. The van der Waals surface area contributed by atoms with Crippen LogP contribution in [-0.4, -0.2) is 37.2 Å². The summed E-state index contributed by atoms with van der Waals surface area (Å²) in [4.78, 5) is 24.6. The van der Waals surface area contributed by atoms with Gasteiger partial charge in [0.1, 0.15) is 12.6 Å². The molecule has 6 nitrogen and oxygen atoms in total. The summed E-state index contributed by atoms with van der Waals surface area (Å²) < 4.78 is 5.24. The van der Waals surface area contributed by atoms with E-state index in [1.54, 1.807) is 0 Å². The molecule has 0 aliphatic carbocycles. The predicted molar refractivity (Wildman–Crippen MR) is 102 cm³/mol. The van der Waals surface area contributed by atoms with Gasteiger partial charge in [-0.25, -0.2) is 4.79 Å². The molecule has 1 unspecified atom stereocenters. The summed E-state index contributed by atoms with van der Waals surface area (Å²) in [6.07, 6.45) is 3.46. The summed E-state index contributed by atoms with van der Waals surface area (Å²) in [7, 11) is 0. The van der Waals surface area contributed by atoms with Crippen LogP contribution in [0.5, 0.6) is 0 Å². The average molecular weight is 361 g/mol. The number of carbonyl (C=O) groups is 2. The maximum absolute atomic E-state index is 12.5. The van der Waals surface area contributed by atoms with Gasteiger partial charge in [0.05, 0.1) is 0 Å². The normalized spacial score (nSPS) is 18.2. The van der Waals surface area contributed by atoms with E-state index in [2.05, 4.69) is 16.0 Å². The number of alkyl carbamates (subject to hydrolysis) is 1. The third-order valence-electron chi connectivity index (χ3n) is 4.46. The van der Waals surface area contributed by atoms with Gasteiger partial charge in [0.25, 0.3) is 0 Å². The molecule has 1 aromatic rings. The fourth-order valence-electron chi connectivity index (χ4n) is 3.06. The first-order valence-electron chi connectivity index (χ1n) is 9.53. The lowest BCUT2D eigenvalue weighted by atomic mass is 10.0. The average Bonchev–Trinajstić information content (AvgIpc) is 2.65. The number of rotatable bonds is 8. The largest absolute Gasteiger partial charge is 0.445 e. The Balaban J connectivity index is 1.80. The Labute approximate surface area is 156 Å². The highest BCUT2D eigenvalue weighted by atomic mass is 16.5. The van der Waals surface area contributed by atoms with Crippen molar-refractivity contribution in [3.63, 3.8) is 0 Å². The van der Waals surface area contributed by atoms with Gasteiger partial charge in [0.15, 0.2) is 0 Å². The molecular formula is C20H31N3O3. The van der Waals surface area contributed by atoms with E-state index in [0.29, 0.717) is 19.0 Å². The van der Waals surface area contributed by atoms with Gasteiger partial charge in [0.2, 0.25) is 5.91 Å². The van der Waals surface area contributed by atoms with Crippen molar-refractivity contribution in [2.75, 3.05) is 13.1 Å². The third-order valence-corrected chi connectivity index (χ3v) is 4.46. The molecule has 1 saturated heterocycles. The number of hydrogen-bond donors (Lipinski definition) is 3. The minimum atomic E-state index is -0.582. The summed E-state index contributed by atoms with van der Waals surface area (Å²) in [5, 5.41) is 9.08. The predicted octanol–water partition coefficient (Wildman–Crippen LogP) is 2.59. The fraction of sp³-hybridized carbons (Fsp3) is 0.600. The third kappa shape index (κ3) is 7.44. The zero-order valence-electron chi connectivity index (χ0n) is 15.8. The molecule has 6 heteroatoms. The number of piperidine rings is 1. The van der Waals surface area contributed by atoms with Crippen LogP contribution in [0.2, 0.25) is 0 Å². The van der Waals surface area contributed by atoms with Crippen molar-refractivity contribution < 1.29 is 14.3 Å².